The van der Waals surface area contributed by atoms with Crippen LogP contribution in [0, 0.1) is 5.82 Å². The molecule has 0 aromatic heterocycles. The molecule has 1 aromatic carbocycles. The highest BCUT2D eigenvalue weighted by atomic mass is 19.1. The van der Waals surface area contributed by atoms with Crippen molar-refractivity contribution in [2.45, 2.75) is 51.3 Å². The molecule has 112 valence electrons. The van der Waals surface area contributed by atoms with E-state index in [1.54, 1.807) is 12.1 Å². The molecule has 1 aliphatic rings. The van der Waals surface area contributed by atoms with Gasteiger partial charge in [0.05, 0.1) is 12.7 Å². The van der Waals surface area contributed by atoms with Gasteiger partial charge in [0.2, 0.25) is 0 Å². The van der Waals surface area contributed by atoms with Crippen LogP contribution in [0.3, 0.4) is 0 Å². The van der Waals surface area contributed by atoms with E-state index in [1.807, 2.05) is 6.07 Å². The summed E-state index contributed by atoms with van der Waals surface area (Å²) in [7, 11) is 1.48. The van der Waals surface area contributed by atoms with Gasteiger partial charge in [-0.15, -0.1) is 0 Å². The Morgan fingerprint density at radius 3 is 2.80 bits per heavy atom. The highest BCUT2D eigenvalue weighted by Crippen LogP contribution is 2.27. The summed E-state index contributed by atoms with van der Waals surface area (Å²) in [6, 6.07) is 5.63. The van der Waals surface area contributed by atoms with E-state index >= 15 is 0 Å². The highest BCUT2D eigenvalue weighted by molar-refractivity contribution is 5.30. The van der Waals surface area contributed by atoms with Crippen LogP contribution in [0.5, 0.6) is 5.75 Å². The zero-order valence-electron chi connectivity index (χ0n) is 12.7. The van der Waals surface area contributed by atoms with Crippen molar-refractivity contribution in [3.63, 3.8) is 0 Å². The maximum Gasteiger partial charge on any atom is 0.165 e. The molecular formula is C16H24FNO2. The summed E-state index contributed by atoms with van der Waals surface area (Å²) in [5.74, 6) is -0.0286. The van der Waals surface area contributed by atoms with Gasteiger partial charge in [-0.2, -0.15) is 0 Å². The third-order valence-electron chi connectivity index (χ3n) is 3.86. The second-order valence-corrected chi connectivity index (χ2v) is 6.08. The van der Waals surface area contributed by atoms with Crippen molar-refractivity contribution in [2.24, 2.45) is 0 Å². The number of methoxy groups -OCH3 is 1. The Morgan fingerprint density at radius 1 is 1.45 bits per heavy atom. The van der Waals surface area contributed by atoms with E-state index in [-0.39, 0.29) is 23.2 Å². The summed E-state index contributed by atoms with van der Waals surface area (Å²) in [5, 5.41) is 3.57. The van der Waals surface area contributed by atoms with Crippen molar-refractivity contribution in [3.8, 4) is 5.75 Å². The molecule has 1 fully saturated rings. The Balaban J connectivity index is 2.01. The number of ether oxygens (including phenoxy) is 2. The van der Waals surface area contributed by atoms with Crippen molar-refractivity contribution in [1.29, 1.82) is 0 Å². The van der Waals surface area contributed by atoms with Gasteiger partial charge in [-0.05, 0) is 51.3 Å². The number of nitrogens with one attached hydrogen (secondary N) is 1. The molecule has 2 atom stereocenters. The van der Waals surface area contributed by atoms with Crippen LogP contribution in [0.25, 0.3) is 0 Å². The van der Waals surface area contributed by atoms with Gasteiger partial charge in [-0.3, -0.25) is 0 Å². The number of benzene rings is 1. The average molecular weight is 281 g/mol. The van der Waals surface area contributed by atoms with Crippen LogP contribution in [0.2, 0.25) is 0 Å². The van der Waals surface area contributed by atoms with Crippen LogP contribution in [-0.4, -0.2) is 25.4 Å². The molecule has 1 aromatic rings. The first kappa shape index (κ1) is 15.3. The number of rotatable bonds is 4. The molecule has 0 aliphatic carbocycles. The highest BCUT2D eigenvalue weighted by Gasteiger charge is 2.29. The summed E-state index contributed by atoms with van der Waals surface area (Å²) in [5.41, 5.74) is 0.855. The van der Waals surface area contributed by atoms with E-state index in [0.717, 1.165) is 25.0 Å². The van der Waals surface area contributed by atoms with Crippen molar-refractivity contribution in [2.75, 3.05) is 13.7 Å². The molecule has 1 saturated heterocycles. The van der Waals surface area contributed by atoms with Gasteiger partial charge in [-0.25, -0.2) is 4.39 Å². The first-order valence-electron chi connectivity index (χ1n) is 7.15. The lowest BCUT2D eigenvalue weighted by molar-refractivity contribution is -0.0640. The maximum absolute atomic E-state index is 13.7. The predicted molar refractivity (Wildman–Crippen MR) is 77.6 cm³/mol. The van der Waals surface area contributed by atoms with Gasteiger partial charge < -0.3 is 14.8 Å². The minimum absolute atomic E-state index is 0.0825. The number of hydrogen-bond acceptors (Lipinski definition) is 3. The van der Waals surface area contributed by atoms with Gasteiger partial charge in [0.15, 0.2) is 11.6 Å². The van der Waals surface area contributed by atoms with Gasteiger partial charge >= 0.3 is 0 Å². The zero-order valence-corrected chi connectivity index (χ0v) is 12.7. The summed E-state index contributed by atoms with van der Waals surface area (Å²) in [6.07, 6.45) is 1.96. The van der Waals surface area contributed by atoms with Crippen molar-refractivity contribution in [3.05, 3.63) is 29.6 Å². The smallest absolute Gasteiger partial charge is 0.165 e. The molecule has 2 rings (SSSR count). The summed E-state index contributed by atoms with van der Waals surface area (Å²) >= 11 is 0. The fraction of sp³-hybridized carbons (Fsp3) is 0.625. The summed E-state index contributed by atoms with van der Waals surface area (Å²) in [6.45, 7) is 7.05. The molecule has 0 spiro atoms. The van der Waals surface area contributed by atoms with Gasteiger partial charge in [0.25, 0.3) is 0 Å². The average Bonchev–Trinajstić information content (AvgIpc) is 2.37. The van der Waals surface area contributed by atoms with Crippen molar-refractivity contribution < 1.29 is 13.9 Å². The molecule has 2 unspecified atom stereocenters. The molecular weight excluding hydrogens is 257 g/mol. The normalized spacial score (nSPS) is 23.4. The molecule has 3 nitrogen and oxygen atoms in total. The molecule has 20 heavy (non-hydrogen) atoms. The molecule has 1 aliphatic heterocycles. The van der Waals surface area contributed by atoms with Crippen LogP contribution in [0.4, 0.5) is 4.39 Å². The van der Waals surface area contributed by atoms with E-state index in [9.17, 15) is 4.39 Å². The molecule has 0 saturated carbocycles. The minimum Gasteiger partial charge on any atom is -0.494 e. The Kier molecular flexibility index (Phi) is 4.66. The first-order chi connectivity index (χ1) is 9.41. The Labute approximate surface area is 120 Å². The summed E-state index contributed by atoms with van der Waals surface area (Å²) < 4.78 is 24.4. The molecule has 1 heterocycles. The fourth-order valence-electron chi connectivity index (χ4n) is 2.78. The molecule has 0 radical (unpaired) electrons. The standard InChI is InChI=1S/C16H24FNO2/c1-11(12-5-6-15(19-4)14(17)9-12)18-13-7-8-20-16(2,3)10-13/h5-6,9,11,13,18H,7-8,10H2,1-4H3. The molecule has 1 N–H and O–H groups in total. The fourth-order valence-corrected chi connectivity index (χ4v) is 2.78. The molecule has 4 heteroatoms. The van der Waals surface area contributed by atoms with E-state index in [2.05, 4.69) is 26.1 Å². The summed E-state index contributed by atoms with van der Waals surface area (Å²) in [4.78, 5) is 0. The maximum atomic E-state index is 13.7. The van der Waals surface area contributed by atoms with Gasteiger partial charge in [0, 0.05) is 18.7 Å². The topological polar surface area (TPSA) is 30.5 Å². The van der Waals surface area contributed by atoms with E-state index in [4.69, 9.17) is 9.47 Å². The van der Waals surface area contributed by atoms with Crippen molar-refractivity contribution in [1.82, 2.24) is 5.32 Å². The lowest BCUT2D eigenvalue weighted by Crippen LogP contribution is -2.44. The largest absolute Gasteiger partial charge is 0.494 e. The van der Waals surface area contributed by atoms with E-state index in [1.165, 1.54) is 7.11 Å². The van der Waals surface area contributed by atoms with Crippen LogP contribution in [-0.2, 0) is 4.74 Å². The first-order valence-corrected chi connectivity index (χ1v) is 7.15. The Hall–Kier alpha value is -1.13. The van der Waals surface area contributed by atoms with Gasteiger partial charge in [-0.1, -0.05) is 6.07 Å². The van der Waals surface area contributed by atoms with Crippen LogP contribution < -0.4 is 10.1 Å². The van der Waals surface area contributed by atoms with Gasteiger partial charge in [0.1, 0.15) is 0 Å². The molecule has 0 bridgehead atoms. The monoisotopic (exact) mass is 281 g/mol. The number of hydrogen-bond donors (Lipinski definition) is 1. The van der Waals surface area contributed by atoms with Crippen molar-refractivity contribution >= 4 is 0 Å². The second-order valence-electron chi connectivity index (χ2n) is 6.08. The van der Waals surface area contributed by atoms with Crippen LogP contribution in [0.1, 0.15) is 45.2 Å². The van der Waals surface area contributed by atoms with Crippen LogP contribution in [0.15, 0.2) is 18.2 Å². The number of halogens is 1. The lowest BCUT2D eigenvalue weighted by Gasteiger charge is -2.37. The van der Waals surface area contributed by atoms with Crippen LogP contribution >= 0.6 is 0 Å². The SMILES string of the molecule is COc1ccc(C(C)NC2CCOC(C)(C)C2)cc1F. The second kappa shape index (κ2) is 6.10. The third-order valence-corrected chi connectivity index (χ3v) is 3.86. The lowest BCUT2D eigenvalue weighted by atomic mass is 9.93. The Bertz CT molecular complexity index is 462. The predicted octanol–water partition coefficient (Wildman–Crippen LogP) is 3.44. The quantitative estimate of drug-likeness (QED) is 0.917. The third kappa shape index (κ3) is 3.70. The van der Waals surface area contributed by atoms with E-state index < -0.39 is 0 Å². The molecule has 0 amide bonds. The Morgan fingerprint density at radius 2 is 2.20 bits per heavy atom. The zero-order chi connectivity index (χ0) is 14.8. The van der Waals surface area contributed by atoms with E-state index in [0.29, 0.717) is 6.04 Å². The minimum atomic E-state index is -0.314.